The minimum atomic E-state index is -4.16. The molecular weight excluding hydrogens is 342 g/mol. The van der Waals surface area contributed by atoms with Gasteiger partial charge in [-0.3, -0.25) is 13.6 Å². The maximum absolute atomic E-state index is 9.33. The summed E-state index contributed by atoms with van der Waals surface area (Å²) in [5.41, 5.74) is 0. The number of nitrogens with zero attached hydrogens (tertiary/aromatic N) is 1. The Morgan fingerprint density at radius 3 is 1.96 bits per heavy atom. The molecule has 7 heteroatoms. The Kier molecular flexibility index (Phi) is 15.9. The highest BCUT2D eigenvalue weighted by atomic mass is 32.3. The third-order valence-corrected chi connectivity index (χ3v) is 5.04. The van der Waals surface area contributed by atoms with Gasteiger partial charge >= 0.3 is 10.4 Å². The third kappa shape index (κ3) is 17.0. The third-order valence-electron chi connectivity index (χ3n) is 4.62. The molecule has 0 amide bonds. The van der Waals surface area contributed by atoms with E-state index < -0.39 is 10.4 Å². The van der Waals surface area contributed by atoms with Crippen LogP contribution < -0.4 is 0 Å². The number of morpholine rings is 1. The summed E-state index contributed by atoms with van der Waals surface area (Å²) in [4.78, 5) is 2.47. The van der Waals surface area contributed by atoms with E-state index in [0.29, 0.717) is 6.04 Å². The number of hydrogen-bond acceptors (Lipinski definition) is 5. The predicted molar refractivity (Wildman–Crippen MR) is 102 cm³/mol. The summed E-state index contributed by atoms with van der Waals surface area (Å²) < 4.78 is 35.3. The number of ether oxygens (including phenoxy) is 1. The van der Waals surface area contributed by atoms with Crippen LogP contribution in [0.2, 0.25) is 0 Å². The van der Waals surface area contributed by atoms with Crippen molar-refractivity contribution in [2.75, 3.05) is 33.9 Å². The highest BCUT2D eigenvalue weighted by Crippen LogP contribution is 2.15. The average Bonchev–Trinajstić information content (AvgIpc) is 2.58. The van der Waals surface area contributed by atoms with E-state index in [2.05, 4.69) is 23.1 Å². The molecule has 25 heavy (non-hydrogen) atoms. The second-order valence-corrected chi connectivity index (χ2v) is 7.96. The Labute approximate surface area is 155 Å². The van der Waals surface area contributed by atoms with Gasteiger partial charge in [-0.2, -0.15) is 8.42 Å². The molecule has 1 unspecified atom stereocenters. The lowest BCUT2D eigenvalue weighted by Gasteiger charge is -2.32. The van der Waals surface area contributed by atoms with Gasteiger partial charge in [0, 0.05) is 12.6 Å². The van der Waals surface area contributed by atoms with Crippen LogP contribution in [-0.4, -0.2) is 57.8 Å². The molecule has 0 aromatic heterocycles. The summed E-state index contributed by atoms with van der Waals surface area (Å²) in [5, 5.41) is 0. The lowest BCUT2D eigenvalue weighted by molar-refractivity contribution is 0.00210. The molecule has 1 aliphatic heterocycles. The molecule has 1 saturated heterocycles. The Hall–Kier alpha value is -0.210. The summed E-state index contributed by atoms with van der Waals surface area (Å²) in [6.45, 7) is 5.27. The second kappa shape index (κ2) is 16.0. The quantitative estimate of drug-likeness (QED) is 0.406. The molecule has 0 saturated carbocycles. The maximum Gasteiger partial charge on any atom is 0.397 e. The summed E-state index contributed by atoms with van der Waals surface area (Å²) >= 11 is 0. The Bertz CT molecular complexity index is 389. The molecule has 1 aliphatic rings. The van der Waals surface area contributed by atoms with Gasteiger partial charge in [0.25, 0.3) is 0 Å². The normalized spacial score (nSPS) is 18.6. The summed E-state index contributed by atoms with van der Waals surface area (Å²) in [5.74, 6) is 0. The first-order valence-corrected chi connectivity index (χ1v) is 11.1. The fraction of sp³-hybridized carbons (Fsp3) is 1.00. The number of unbranched alkanes of at least 4 members (excludes halogenated alkanes) is 9. The van der Waals surface area contributed by atoms with Crippen LogP contribution in [0.25, 0.3) is 0 Å². The molecule has 1 N–H and O–H groups in total. The van der Waals surface area contributed by atoms with Crippen molar-refractivity contribution in [2.45, 2.75) is 83.6 Å². The molecule has 6 nitrogen and oxygen atoms in total. The van der Waals surface area contributed by atoms with Crippen LogP contribution in [0, 0.1) is 0 Å². The van der Waals surface area contributed by atoms with Crippen LogP contribution in [0.15, 0.2) is 0 Å². The molecule has 0 aliphatic carbocycles. The monoisotopic (exact) mass is 381 g/mol. The van der Waals surface area contributed by atoms with Gasteiger partial charge in [-0.05, 0) is 13.5 Å². The molecular formula is C18H39NO5S. The number of likely N-dealkylation sites (N-methyl/N-ethyl adjacent to an activating group) is 1. The van der Waals surface area contributed by atoms with Crippen molar-refractivity contribution >= 4 is 10.4 Å². The van der Waals surface area contributed by atoms with Gasteiger partial charge < -0.3 is 4.74 Å². The second-order valence-electron chi connectivity index (χ2n) is 6.77. The fourth-order valence-electron chi connectivity index (χ4n) is 2.91. The van der Waals surface area contributed by atoms with Gasteiger partial charge in [0.1, 0.15) is 0 Å². The standard InChI is InChI=1S/C17H35NO.CH4O4S/c1-3-4-5-6-7-8-9-10-11-12-13-17-16-19-15-14-18(17)2;1-5-6(2,3)4/h17H,3-16H2,1-2H3;1H3,(H,2,3,4). The molecule has 0 radical (unpaired) electrons. The van der Waals surface area contributed by atoms with E-state index in [1.165, 1.54) is 70.6 Å². The molecule has 0 spiro atoms. The van der Waals surface area contributed by atoms with Gasteiger partial charge in [-0.25, -0.2) is 0 Å². The van der Waals surface area contributed by atoms with Crippen LogP contribution in [-0.2, 0) is 19.3 Å². The lowest BCUT2D eigenvalue weighted by atomic mass is 10.0. The minimum Gasteiger partial charge on any atom is -0.378 e. The van der Waals surface area contributed by atoms with Crippen molar-refractivity contribution in [3.63, 3.8) is 0 Å². The van der Waals surface area contributed by atoms with Gasteiger partial charge in [0.05, 0.1) is 20.3 Å². The first-order chi connectivity index (χ1) is 11.9. The van der Waals surface area contributed by atoms with Gasteiger partial charge in [-0.15, -0.1) is 0 Å². The molecule has 0 aromatic carbocycles. The zero-order chi connectivity index (χ0) is 19.0. The molecule has 1 rings (SSSR count). The van der Waals surface area contributed by atoms with E-state index in [4.69, 9.17) is 9.29 Å². The van der Waals surface area contributed by atoms with E-state index >= 15 is 0 Å². The van der Waals surface area contributed by atoms with E-state index in [1.54, 1.807) is 0 Å². The van der Waals surface area contributed by atoms with Crippen molar-refractivity contribution in [3.8, 4) is 0 Å². The van der Waals surface area contributed by atoms with Gasteiger partial charge in [-0.1, -0.05) is 71.1 Å². The largest absolute Gasteiger partial charge is 0.397 e. The molecule has 1 fully saturated rings. The summed E-state index contributed by atoms with van der Waals surface area (Å²) in [6.07, 6.45) is 15.6. The van der Waals surface area contributed by atoms with E-state index in [9.17, 15) is 8.42 Å². The van der Waals surface area contributed by atoms with Crippen molar-refractivity contribution in [3.05, 3.63) is 0 Å². The lowest BCUT2D eigenvalue weighted by Crippen LogP contribution is -2.42. The Balaban J connectivity index is 0.000000823. The van der Waals surface area contributed by atoms with E-state index in [1.807, 2.05) is 0 Å². The van der Waals surface area contributed by atoms with Crippen molar-refractivity contribution < 1.29 is 21.9 Å². The van der Waals surface area contributed by atoms with E-state index in [0.717, 1.165) is 26.9 Å². The minimum absolute atomic E-state index is 0.683. The SMILES string of the molecule is CCCCCCCCCCCCC1COCCN1C.COS(=O)(=O)O. The number of rotatable bonds is 12. The predicted octanol–water partition coefficient (Wildman–Crippen LogP) is 4.06. The van der Waals surface area contributed by atoms with Crippen molar-refractivity contribution in [1.29, 1.82) is 0 Å². The topological polar surface area (TPSA) is 76.1 Å². The van der Waals surface area contributed by atoms with Crippen LogP contribution in [0.5, 0.6) is 0 Å². The summed E-state index contributed by atoms with van der Waals surface area (Å²) in [6, 6.07) is 0.683. The zero-order valence-electron chi connectivity index (χ0n) is 16.4. The Morgan fingerprint density at radius 1 is 1.04 bits per heavy atom. The first kappa shape index (κ1) is 24.8. The van der Waals surface area contributed by atoms with Crippen LogP contribution >= 0.6 is 0 Å². The van der Waals surface area contributed by atoms with Crippen LogP contribution in [0.4, 0.5) is 0 Å². The van der Waals surface area contributed by atoms with Crippen LogP contribution in [0.3, 0.4) is 0 Å². The highest BCUT2D eigenvalue weighted by Gasteiger charge is 2.18. The molecule has 152 valence electrons. The fourth-order valence-corrected chi connectivity index (χ4v) is 2.91. The first-order valence-electron chi connectivity index (χ1n) is 9.71. The zero-order valence-corrected chi connectivity index (χ0v) is 17.2. The number of hydrogen-bond donors (Lipinski definition) is 1. The molecule has 1 heterocycles. The van der Waals surface area contributed by atoms with Crippen molar-refractivity contribution in [2.24, 2.45) is 0 Å². The Morgan fingerprint density at radius 2 is 1.52 bits per heavy atom. The summed E-state index contributed by atoms with van der Waals surface area (Å²) in [7, 11) is -1.05. The molecule has 1 atom stereocenters. The molecule has 0 bridgehead atoms. The maximum atomic E-state index is 9.33. The smallest absolute Gasteiger partial charge is 0.378 e. The van der Waals surface area contributed by atoms with E-state index in [-0.39, 0.29) is 0 Å². The van der Waals surface area contributed by atoms with Gasteiger partial charge in [0.15, 0.2) is 0 Å². The average molecular weight is 382 g/mol. The van der Waals surface area contributed by atoms with Crippen molar-refractivity contribution in [1.82, 2.24) is 4.90 Å². The highest BCUT2D eigenvalue weighted by molar-refractivity contribution is 7.80. The van der Waals surface area contributed by atoms with Crippen LogP contribution in [0.1, 0.15) is 77.6 Å². The van der Waals surface area contributed by atoms with Gasteiger partial charge in [0.2, 0.25) is 0 Å². The molecule has 0 aromatic rings.